The van der Waals surface area contributed by atoms with Crippen LogP contribution in [0.4, 0.5) is 0 Å². The van der Waals surface area contributed by atoms with Gasteiger partial charge >= 0.3 is 5.97 Å². The Morgan fingerprint density at radius 1 is 1.50 bits per heavy atom. The van der Waals surface area contributed by atoms with Gasteiger partial charge in [0.15, 0.2) is 0 Å². The summed E-state index contributed by atoms with van der Waals surface area (Å²) in [6.45, 7) is 0. The molecule has 0 saturated heterocycles. The Morgan fingerprint density at radius 3 is 2.75 bits per heavy atom. The number of carboxylic acid groups (broad SMARTS) is 1. The highest BCUT2D eigenvalue weighted by Gasteiger charge is 2.20. The summed E-state index contributed by atoms with van der Waals surface area (Å²) in [4.78, 5) is 11.1. The molecule has 0 saturated carbocycles. The molecule has 4 nitrogen and oxygen atoms in total. The maximum Gasteiger partial charge on any atom is 0.353 e. The van der Waals surface area contributed by atoms with Crippen LogP contribution in [0.25, 0.3) is 10.9 Å². The smallest absolute Gasteiger partial charge is 0.353 e. The van der Waals surface area contributed by atoms with Gasteiger partial charge in [-0.25, -0.2) is 4.79 Å². The van der Waals surface area contributed by atoms with Crippen LogP contribution in [0.3, 0.4) is 0 Å². The van der Waals surface area contributed by atoms with Crippen LogP contribution in [0.2, 0.25) is 0 Å². The van der Waals surface area contributed by atoms with Crippen molar-refractivity contribution in [3.63, 3.8) is 0 Å². The molecule has 5 heteroatoms. The molecule has 2 aromatic rings. The first-order chi connectivity index (χ1) is 7.57. The number of nitrogens with zero attached hydrogens (tertiary/aromatic N) is 1. The van der Waals surface area contributed by atoms with Crippen LogP contribution in [-0.4, -0.2) is 22.8 Å². The summed E-state index contributed by atoms with van der Waals surface area (Å²) in [5, 5.41) is 9.90. The Hall–Kier alpha value is -1.49. The van der Waals surface area contributed by atoms with Gasteiger partial charge in [-0.2, -0.15) is 0 Å². The van der Waals surface area contributed by atoms with Crippen molar-refractivity contribution in [2.24, 2.45) is 7.05 Å². The second-order valence-corrected chi connectivity index (χ2v) is 4.17. The zero-order chi connectivity index (χ0) is 11.9. The second-order valence-electron chi connectivity index (χ2n) is 3.38. The molecule has 0 fully saturated rings. The highest BCUT2D eigenvalue weighted by molar-refractivity contribution is 9.10. The van der Waals surface area contributed by atoms with E-state index < -0.39 is 5.97 Å². The van der Waals surface area contributed by atoms with E-state index in [0.29, 0.717) is 10.2 Å². The minimum atomic E-state index is -0.965. The maximum absolute atomic E-state index is 11.1. The maximum atomic E-state index is 11.1. The Balaban J connectivity index is 2.93. The lowest BCUT2D eigenvalue weighted by Gasteiger charge is -2.02. The molecule has 1 heterocycles. The Labute approximate surface area is 101 Å². The molecule has 0 amide bonds. The molecule has 2 rings (SSSR count). The fourth-order valence-electron chi connectivity index (χ4n) is 1.81. The summed E-state index contributed by atoms with van der Waals surface area (Å²) in [6.07, 6.45) is 0. The highest BCUT2D eigenvalue weighted by Crippen LogP contribution is 2.36. The van der Waals surface area contributed by atoms with E-state index in [1.807, 2.05) is 12.1 Å². The van der Waals surface area contributed by atoms with Crippen LogP contribution < -0.4 is 4.74 Å². The van der Waals surface area contributed by atoms with Gasteiger partial charge < -0.3 is 14.4 Å². The van der Waals surface area contributed by atoms with Gasteiger partial charge in [-0.15, -0.1) is 0 Å². The minimum Gasteiger partial charge on any atom is -0.496 e. The van der Waals surface area contributed by atoms with E-state index in [9.17, 15) is 4.79 Å². The number of benzene rings is 1. The third-order valence-corrected chi connectivity index (χ3v) is 3.32. The van der Waals surface area contributed by atoms with E-state index in [1.54, 1.807) is 24.8 Å². The first kappa shape index (κ1) is 11.0. The van der Waals surface area contributed by atoms with Crippen molar-refractivity contribution >= 4 is 32.8 Å². The number of fused-ring (bicyclic) bond motifs is 1. The standard InChI is InChI=1S/C11H10BrNO3/c1-13-6-4-3-5-7(16-2)8(6)9(12)10(13)11(14)15/h3-5H,1-2H3,(H,14,15). The molecular formula is C11H10BrNO3. The van der Waals surface area contributed by atoms with Gasteiger partial charge in [0.1, 0.15) is 11.4 Å². The number of halogens is 1. The van der Waals surface area contributed by atoms with Crippen LogP contribution in [-0.2, 0) is 7.05 Å². The van der Waals surface area contributed by atoms with Gasteiger partial charge in [-0.3, -0.25) is 0 Å². The summed E-state index contributed by atoms with van der Waals surface area (Å²) in [5.41, 5.74) is 1.04. The van der Waals surface area contributed by atoms with Gasteiger partial charge in [0, 0.05) is 7.05 Å². The van der Waals surface area contributed by atoms with E-state index in [2.05, 4.69) is 15.9 Å². The number of carboxylic acids is 1. The second kappa shape index (κ2) is 3.83. The van der Waals surface area contributed by atoms with Crippen molar-refractivity contribution in [2.45, 2.75) is 0 Å². The number of aromatic nitrogens is 1. The SMILES string of the molecule is COc1cccc2c1c(Br)c(C(=O)O)n2C. The van der Waals surface area contributed by atoms with Gasteiger partial charge in [0.25, 0.3) is 0 Å². The normalized spacial score (nSPS) is 10.7. The van der Waals surface area contributed by atoms with Gasteiger partial charge in [0.05, 0.1) is 22.5 Å². The predicted molar refractivity (Wildman–Crippen MR) is 64.1 cm³/mol. The molecule has 1 aromatic carbocycles. The molecule has 1 aromatic heterocycles. The third kappa shape index (κ3) is 1.39. The highest BCUT2D eigenvalue weighted by atomic mass is 79.9. The summed E-state index contributed by atoms with van der Waals surface area (Å²) >= 11 is 3.31. The topological polar surface area (TPSA) is 51.5 Å². The van der Waals surface area contributed by atoms with E-state index in [0.717, 1.165) is 10.9 Å². The van der Waals surface area contributed by atoms with Crippen molar-refractivity contribution in [3.05, 3.63) is 28.4 Å². The lowest BCUT2D eigenvalue weighted by atomic mass is 10.2. The first-order valence-electron chi connectivity index (χ1n) is 4.62. The van der Waals surface area contributed by atoms with Crippen molar-refractivity contribution < 1.29 is 14.6 Å². The molecule has 0 unspecified atom stereocenters. The zero-order valence-corrected chi connectivity index (χ0v) is 10.4. The van der Waals surface area contributed by atoms with E-state index in [-0.39, 0.29) is 5.69 Å². The number of hydrogen-bond donors (Lipinski definition) is 1. The molecule has 0 aliphatic carbocycles. The molecule has 84 valence electrons. The Morgan fingerprint density at radius 2 is 2.19 bits per heavy atom. The summed E-state index contributed by atoms with van der Waals surface area (Å²) in [6, 6.07) is 5.49. The van der Waals surface area contributed by atoms with E-state index in [4.69, 9.17) is 9.84 Å². The molecule has 0 atom stereocenters. The Bertz CT molecular complexity index is 574. The van der Waals surface area contributed by atoms with Gasteiger partial charge in [-0.05, 0) is 28.1 Å². The average molecular weight is 284 g/mol. The summed E-state index contributed by atoms with van der Waals surface area (Å²) in [5.74, 6) is -0.305. The van der Waals surface area contributed by atoms with Crippen LogP contribution in [0.5, 0.6) is 5.75 Å². The molecular weight excluding hydrogens is 274 g/mol. The largest absolute Gasteiger partial charge is 0.496 e. The number of aromatic carboxylic acids is 1. The van der Waals surface area contributed by atoms with E-state index in [1.165, 1.54) is 0 Å². The van der Waals surface area contributed by atoms with Gasteiger partial charge in [-0.1, -0.05) is 6.07 Å². The predicted octanol–water partition coefficient (Wildman–Crippen LogP) is 2.65. The average Bonchev–Trinajstić information content (AvgIpc) is 2.51. The van der Waals surface area contributed by atoms with Crippen LogP contribution in [0.1, 0.15) is 10.5 Å². The first-order valence-corrected chi connectivity index (χ1v) is 5.41. The molecule has 0 bridgehead atoms. The molecule has 1 N–H and O–H groups in total. The summed E-state index contributed by atoms with van der Waals surface area (Å²) in [7, 11) is 3.28. The van der Waals surface area contributed by atoms with Crippen molar-refractivity contribution in [2.75, 3.05) is 7.11 Å². The number of aryl methyl sites for hydroxylation is 1. The van der Waals surface area contributed by atoms with Crippen LogP contribution >= 0.6 is 15.9 Å². The fourth-order valence-corrected chi connectivity index (χ4v) is 2.65. The fraction of sp³-hybridized carbons (Fsp3) is 0.182. The third-order valence-electron chi connectivity index (χ3n) is 2.55. The summed E-state index contributed by atoms with van der Waals surface area (Å²) < 4.78 is 7.40. The van der Waals surface area contributed by atoms with E-state index >= 15 is 0 Å². The zero-order valence-electron chi connectivity index (χ0n) is 8.82. The monoisotopic (exact) mass is 283 g/mol. The van der Waals surface area contributed by atoms with Crippen molar-refractivity contribution in [3.8, 4) is 5.75 Å². The minimum absolute atomic E-state index is 0.222. The quantitative estimate of drug-likeness (QED) is 0.922. The molecule has 0 spiro atoms. The number of carbonyl (C=O) groups is 1. The van der Waals surface area contributed by atoms with Crippen LogP contribution in [0, 0.1) is 0 Å². The van der Waals surface area contributed by atoms with Gasteiger partial charge in [0.2, 0.25) is 0 Å². The number of ether oxygens (including phenoxy) is 1. The molecule has 16 heavy (non-hydrogen) atoms. The molecule has 0 radical (unpaired) electrons. The lowest BCUT2D eigenvalue weighted by Crippen LogP contribution is -2.04. The molecule has 0 aliphatic rings. The number of methoxy groups -OCH3 is 1. The lowest BCUT2D eigenvalue weighted by molar-refractivity contribution is 0.0686. The van der Waals surface area contributed by atoms with Crippen LogP contribution in [0.15, 0.2) is 22.7 Å². The molecule has 0 aliphatic heterocycles. The van der Waals surface area contributed by atoms with Crippen molar-refractivity contribution in [1.29, 1.82) is 0 Å². The number of rotatable bonds is 2. The van der Waals surface area contributed by atoms with Crippen molar-refractivity contribution in [1.82, 2.24) is 4.57 Å². The Kier molecular flexibility index (Phi) is 2.63. The number of hydrogen-bond acceptors (Lipinski definition) is 2.